The van der Waals surface area contributed by atoms with Crippen LogP contribution in [-0.2, 0) is 0 Å². The van der Waals surface area contributed by atoms with E-state index >= 15 is 0 Å². The van der Waals surface area contributed by atoms with Crippen LogP contribution >= 0.6 is 0 Å². The number of carbonyl (C=O) groups excluding carboxylic acids is 1. The van der Waals surface area contributed by atoms with Crippen LogP contribution in [-0.4, -0.2) is 10.9 Å². The van der Waals surface area contributed by atoms with Crippen LogP contribution < -0.4 is 5.43 Å². The highest BCUT2D eigenvalue weighted by Crippen LogP contribution is 2.40. The largest absolute Gasteiger partial charge is 0.507 e. The van der Waals surface area contributed by atoms with Gasteiger partial charge < -0.3 is 9.52 Å². The van der Waals surface area contributed by atoms with Crippen molar-refractivity contribution in [2.45, 2.75) is 0 Å². The first-order chi connectivity index (χ1) is 22.6. The molecular weight excluding hydrogens is 568 g/mol. The van der Waals surface area contributed by atoms with Crippen LogP contribution in [0.25, 0.3) is 76.2 Å². The number of fused-ring (bicyclic) bond motifs is 8. The van der Waals surface area contributed by atoms with E-state index in [9.17, 15) is 14.7 Å². The Morgan fingerprint density at radius 3 is 1.87 bits per heavy atom. The molecule has 0 saturated carbocycles. The van der Waals surface area contributed by atoms with Crippen molar-refractivity contribution in [3.63, 3.8) is 0 Å². The summed E-state index contributed by atoms with van der Waals surface area (Å²) >= 11 is 0. The molecule has 0 saturated heterocycles. The third-order valence-corrected chi connectivity index (χ3v) is 9.13. The van der Waals surface area contributed by atoms with Gasteiger partial charge in [0, 0.05) is 21.9 Å². The van der Waals surface area contributed by atoms with Gasteiger partial charge in [0.15, 0.2) is 5.78 Å². The van der Waals surface area contributed by atoms with Crippen molar-refractivity contribution in [2.75, 3.05) is 0 Å². The second-order valence-electron chi connectivity index (χ2n) is 11.7. The molecule has 8 aromatic carbocycles. The maximum absolute atomic E-state index is 14.3. The normalized spacial score (nSPS) is 11.7. The number of phenols is 1. The molecule has 0 atom stereocenters. The minimum atomic E-state index is -0.380. The van der Waals surface area contributed by atoms with Gasteiger partial charge in [-0.1, -0.05) is 109 Å². The number of benzene rings is 8. The number of phenolic OH excluding ortho intramolecular Hbond substituents is 1. The van der Waals surface area contributed by atoms with Gasteiger partial charge in [-0.2, -0.15) is 0 Å². The van der Waals surface area contributed by atoms with Crippen LogP contribution in [0.4, 0.5) is 0 Å². The molecule has 9 rings (SSSR count). The van der Waals surface area contributed by atoms with E-state index in [-0.39, 0.29) is 28.1 Å². The molecule has 0 spiro atoms. The molecule has 0 bridgehead atoms. The van der Waals surface area contributed by atoms with E-state index in [1.807, 2.05) is 78.9 Å². The van der Waals surface area contributed by atoms with E-state index in [1.165, 1.54) is 0 Å². The highest BCUT2D eigenvalue weighted by molar-refractivity contribution is 6.20. The molecule has 0 fully saturated rings. The topological polar surface area (TPSA) is 67.5 Å². The number of aromatic hydroxyl groups is 1. The fourth-order valence-corrected chi connectivity index (χ4v) is 6.89. The molecule has 1 aromatic heterocycles. The molecule has 0 radical (unpaired) electrons. The Labute approximate surface area is 262 Å². The minimum absolute atomic E-state index is 0.0853. The van der Waals surface area contributed by atoms with Gasteiger partial charge in [-0.3, -0.25) is 9.59 Å². The highest BCUT2D eigenvalue weighted by Gasteiger charge is 2.23. The standard InChI is InChI=1S/C42H24O4/c43-38(33-19-17-24-9-1-5-13-29(24)39(33)44)27-22-36(35-21-26-11-3-4-12-28(26)31-15-7-8-16-32(31)35)42-37(23-27)40(45)34-20-18-25-10-2-6-14-30(25)41(34)46-42/h1-23,44H. The summed E-state index contributed by atoms with van der Waals surface area (Å²) < 4.78 is 6.75. The predicted molar refractivity (Wildman–Crippen MR) is 187 cm³/mol. The van der Waals surface area contributed by atoms with Gasteiger partial charge in [-0.15, -0.1) is 0 Å². The second kappa shape index (κ2) is 9.88. The first kappa shape index (κ1) is 26.2. The fourth-order valence-electron chi connectivity index (χ4n) is 6.89. The van der Waals surface area contributed by atoms with Gasteiger partial charge in [0.2, 0.25) is 5.43 Å². The molecule has 216 valence electrons. The Balaban J connectivity index is 1.42. The summed E-state index contributed by atoms with van der Waals surface area (Å²) in [6, 6.07) is 44.3. The van der Waals surface area contributed by atoms with E-state index in [0.29, 0.717) is 32.9 Å². The average Bonchev–Trinajstić information content (AvgIpc) is 3.11. The summed E-state index contributed by atoms with van der Waals surface area (Å²) in [7, 11) is 0. The molecule has 1 heterocycles. The van der Waals surface area contributed by atoms with E-state index in [0.717, 1.165) is 43.3 Å². The number of carbonyl (C=O) groups is 1. The highest BCUT2D eigenvalue weighted by atomic mass is 16.3. The molecule has 1 N–H and O–H groups in total. The number of hydrogen-bond donors (Lipinski definition) is 1. The van der Waals surface area contributed by atoms with Gasteiger partial charge >= 0.3 is 0 Å². The van der Waals surface area contributed by atoms with Crippen LogP contribution in [0.2, 0.25) is 0 Å². The minimum Gasteiger partial charge on any atom is -0.507 e. The number of ketones is 1. The summed E-state index contributed by atoms with van der Waals surface area (Å²) in [6.07, 6.45) is 0. The maximum atomic E-state index is 14.3. The SMILES string of the molecule is O=C(c1cc(-c2cc3ccccc3c3ccccc23)c2oc3c(ccc4ccccc43)c(=O)c2c1)c1ccc2ccccc2c1O. The first-order valence-corrected chi connectivity index (χ1v) is 15.2. The zero-order chi connectivity index (χ0) is 30.9. The van der Waals surface area contributed by atoms with E-state index in [4.69, 9.17) is 4.42 Å². The molecule has 0 unspecified atom stereocenters. The number of rotatable bonds is 3. The maximum Gasteiger partial charge on any atom is 0.200 e. The lowest BCUT2D eigenvalue weighted by atomic mass is 9.89. The summed E-state index contributed by atoms with van der Waals surface area (Å²) in [6.45, 7) is 0. The van der Waals surface area contributed by atoms with Gasteiger partial charge in [0.1, 0.15) is 16.9 Å². The third-order valence-electron chi connectivity index (χ3n) is 9.13. The van der Waals surface area contributed by atoms with Crippen molar-refractivity contribution < 1.29 is 14.3 Å². The fraction of sp³-hybridized carbons (Fsp3) is 0. The van der Waals surface area contributed by atoms with Gasteiger partial charge in [-0.25, -0.2) is 0 Å². The Kier molecular flexibility index (Phi) is 5.62. The Morgan fingerprint density at radius 1 is 0.478 bits per heavy atom. The van der Waals surface area contributed by atoms with E-state index in [2.05, 4.69) is 30.3 Å². The molecule has 4 heteroatoms. The van der Waals surface area contributed by atoms with Crippen molar-refractivity contribution >= 4 is 70.8 Å². The van der Waals surface area contributed by atoms with Crippen molar-refractivity contribution in [1.29, 1.82) is 0 Å². The smallest absolute Gasteiger partial charge is 0.200 e. The zero-order valence-corrected chi connectivity index (χ0v) is 24.5. The monoisotopic (exact) mass is 592 g/mol. The molecular formula is C42H24O4. The second-order valence-corrected chi connectivity index (χ2v) is 11.7. The summed E-state index contributed by atoms with van der Waals surface area (Å²) in [5, 5.41) is 19.4. The van der Waals surface area contributed by atoms with Crippen molar-refractivity contribution in [2.24, 2.45) is 0 Å². The quantitative estimate of drug-likeness (QED) is 0.126. The van der Waals surface area contributed by atoms with Gasteiger partial charge in [-0.05, 0) is 68.2 Å². The molecule has 0 aliphatic heterocycles. The van der Waals surface area contributed by atoms with E-state index in [1.54, 1.807) is 30.3 Å². The van der Waals surface area contributed by atoms with Crippen LogP contribution in [0.15, 0.2) is 149 Å². The zero-order valence-electron chi connectivity index (χ0n) is 24.5. The van der Waals surface area contributed by atoms with Crippen LogP contribution in [0.1, 0.15) is 15.9 Å². The Hall–Kier alpha value is -6.26. The van der Waals surface area contributed by atoms with Crippen LogP contribution in [0.5, 0.6) is 5.75 Å². The van der Waals surface area contributed by atoms with E-state index < -0.39 is 0 Å². The molecule has 0 aliphatic rings. The molecule has 0 aliphatic carbocycles. The lowest BCUT2D eigenvalue weighted by molar-refractivity contribution is 0.103. The lowest BCUT2D eigenvalue weighted by Crippen LogP contribution is -2.08. The van der Waals surface area contributed by atoms with Crippen molar-refractivity contribution in [3.8, 4) is 16.9 Å². The molecule has 4 nitrogen and oxygen atoms in total. The molecule has 9 aromatic rings. The van der Waals surface area contributed by atoms with Crippen molar-refractivity contribution in [1.82, 2.24) is 0 Å². The molecule has 0 amide bonds. The summed E-state index contributed by atoms with van der Waals surface area (Å²) in [4.78, 5) is 28.6. The number of hydrogen-bond acceptors (Lipinski definition) is 4. The predicted octanol–water partition coefficient (Wildman–Crippen LogP) is 10.2. The van der Waals surface area contributed by atoms with Gasteiger partial charge in [0.25, 0.3) is 0 Å². The van der Waals surface area contributed by atoms with Crippen LogP contribution in [0.3, 0.4) is 0 Å². The Morgan fingerprint density at radius 2 is 1.09 bits per heavy atom. The summed E-state index contributed by atoms with van der Waals surface area (Å²) in [5.74, 6) is -0.465. The average molecular weight is 593 g/mol. The van der Waals surface area contributed by atoms with Crippen LogP contribution in [0, 0.1) is 0 Å². The van der Waals surface area contributed by atoms with Gasteiger partial charge in [0.05, 0.1) is 16.3 Å². The molecule has 46 heavy (non-hydrogen) atoms. The Bertz CT molecular complexity index is 2810. The summed E-state index contributed by atoms with van der Waals surface area (Å²) in [5.41, 5.74) is 2.64. The first-order valence-electron chi connectivity index (χ1n) is 15.2. The lowest BCUT2D eigenvalue weighted by Gasteiger charge is -2.15. The third kappa shape index (κ3) is 3.80. The van der Waals surface area contributed by atoms with Crippen molar-refractivity contribution in [3.05, 3.63) is 161 Å².